The van der Waals surface area contributed by atoms with Crippen LogP contribution in [0.1, 0.15) is 6.42 Å². The zero-order chi connectivity index (χ0) is 15.7. The molecule has 0 saturated heterocycles. The van der Waals surface area contributed by atoms with E-state index >= 15 is 0 Å². The molecule has 0 aliphatic carbocycles. The van der Waals surface area contributed by atoms with Gasteiger partial charge >= 0.3 is 23.9 Å². The number of carbonyl (C=O) groups is 4. The van der Waals surface area contributed by atoms with E-state index in [1.807, 2.05) is 0 Å². The Morgan fingerprint density at radius 3 is 1.90 bits per heavy atom. The molecule has 0 saturated carbocycles. The molecule has 0 aromatic carbocycles. The van der Waals surface area contributed by atoms with Crippen LogP contribution >= 0.6 is 0 Å². The standard InChI is InChI=1S/C12H16O8/c1-17-9(13)5-7(11(15)19-3)8(12(16)20-4)6-10(14)18-2/h5,8H,6H2,1-4H3/b7-5-. The highest BCUT2D eigenvalue weighted by Gasteiger charge is 2.32. The van der Waals surface area contributed by atoms with E-state index in [4.69, 9.17) is 0 Å². The summed E-state index contributed by atoms with van der Waals surface area (Å²) in [6.07, 6.45) is 0.303. The van der Waals surface area contributed by atoms with Gasteiger partial charge in [0.1, 0.15) is 0 Å². The number of hydrogen-bond acceptors (Lipinski definition) is 8. The summed E-state index contributed by atoms with van der Waals surface area (Å²) in [7, 11) is 4.37. The van der Waals surface area contributed by atoms with Crippen LogP contribution in [0.5, 0.6) is 0 Å². The predicted octanol–water partition coefficient (Wildman–Crippen LogP) is -0.389. The molecule has 0 bridgehead atoms. The summed E-state index contributed by atoms with van der Waals surface area (Å²) in [6.45, 7) is 0. The van der Waals surface area contributed by atoms with Crippen LogP contribution in [0, 0.1) is 5.92 Å². The maximum Gasteiger partial charge on any atom is 0.334 e. The molecule has 0 aliphatic rings. The molecule has 0 amide bonds. The zero-order valence-electron chi connectivity index (χ0n) is 11.6. The first kappa shape index (κ1) is 17.6. The second-order valence-corrected chi connectivity index (χ2v) is 3.47. The monoisotopic (exact) mass is 288 g/mol. The van der Waals surface area contributed by atoms with Gasteiger partial charge in [0.25, 0.3) is 0 Å². The summed E-state index contributed by atoms with van der Waals surface area (Å²) in [5.74, 6) is -4.77. The van der Waals surface area contributed by atoms with E-state index in [0.29, 0.717) is 0 Å². The van der Waals surface area contributed by atoms with Gasteiger partial charge in [-0.2, -0.15) is 0 Å². The Bertz CT molecular complexity index is 423. The van der Waals surface area contributed by atoms with Crippen molar-refractivity contribution in [3.8, 4) is 0 Å². The quantitative estimate of drug-likeness (QED) is 0.369. The summed E-state index contributed by atoms with van der Waals surface area (Å²) in [6, 6.07) is 0. The topological polar surface area (TPSA) is 105 Å². The zero-order valence-corrected chi connectivity index (χ0v) is 11.6. The number of methoxy groups -OCH3 is 4. The molecule has 1 unspecified atom stereocenters. The van der Waals surface area contributed by atoms with Crippen LogP contribution in [-0.2, 0) is 38.1 Å². The average molecular weight is 288 g/mol. The second kappa shape index (κ2) is 8.68. The van der Waals surface area contributed by atoms with Gasteiger partial charge in [0.05, 0.1) is 46.4 Å². The molecule has 0 rings (SSSR count). The molecule has 20 heavy (non-hydrogen) atoms. The van der Waals surface area contributed by atoms with Crippen LogP contribution in [0.25, 0.3) is 0 Å². The lowest BCUT2D eigenvalue weighted by molar-refractivity contribution is -0.152. The van der Waals surface area contributed by atoms with Crippen molar-refractivity contribution in [1.29, 1.82) is 0 Å². The molecule has 0 fully saturated rings. The summed E-state index contributed by atoms with van der Waals surface area (Å²) >= 11 is 0. The highest BCUT2D eigenvalue weighted by atomic mass is 16.5. The summed E-state index contributed by atoms with van der Waals surface area (Å²) < 4.78 is 17.8. The molecular formula is C12H16O8. The highest BCUT2D eigenvalue weighted by Crippen LogP contribution is 2.19. The molecule has 0 N–H and O–H groups in total. The Hall–Kier alpha value is -2.38. The SMILES string of the molecule is COC(=O)/C=C(\C(=O)OC)C(CC(=O)OC)C(=O)OC. The van der Waals surface area contributed by atoms with Crippen molar-refractivity contribution in [2.45, 2.75) is 6.42 Å². The number of ether oxygens (including phenoxy) is 4. The lowest BCUT2D eigenvalue weighted by Crippen LogP contribution is -2.27. The maximum atomic E-state index is 11.7. The van der Waals surface area contributed by atoms with E-state index in [1.165, 1.54) is 0 Å². The Morgan fingerprint density at radius 2 is 1.50 bits per heavy atom. The lowest BCUT2D eigenvalue weighted by atomic mass is 9.95. The summed E-state index contributed by atoms with van der Waals surface area (Å²) in [5.41, 5.74) is -0.350. The van der Waals surface area contributed by atoms with Gasteiger partial charge < -0.3 is 18.9 Å². The predicted molar refractivity (Wildman–Crippen MR) is 64.3 cm³/mol. The first-order valence-electron chi connectivity index (χ1n) is 5.43. The van der Waals surface area contributed by atoms with Gasteiger partial charge in [0.15, 0.2) is 0 Å². The Morgan fingerprint density at radius 1 is 0.900 bits per heavy atom. The third-order valence-corrected chi connectivity index (χ3v) is 2.36. The van der Waals surface area contributed by atoms with Crippen LogP contribution in [0.15, 0.2) is 11.6 Å². The van der Waals surface area contributed by atoms with Crippen LogP contribution in [0.2, 0.25) is 0 Å². The van der Waals surface area contributed by atoms with Gasteiger partial charge in [0, 0.05) is 6.08 Å². The van der Waals surface area contributed by atoms with Gasteiger partial charge in [-0.3, -0.25) is 9.59 Å². The second-order valence-electron chi connectivity index (χ2n) is 3.47. The van der Waals surface area contributed by atoms with E-state index in [-0.39, 0.29) is 5.57 Å². The third-order valence-electron chi connectivity index (χ3n) is 2.36. The fraction of sp³-hybridized carbons (Fsp3) is 0.500. The van der Waals surface area contributed by atoms with E-state index in [9.17, 15) is 19.2 Å². The fourth-order valence-electron chi connectivity index (χ4n) is 1.32. The summed E-state index contributed by atoms with van der Waals surface area (Å²) in [4.78, 5) is 45.8. The molecular weight excluding hydrogens is 272 g/mol. The molecule has 112 valence electrons. The Balaban J connectivity index is 5.56. The van der Waals surface area contributed by atoms with E-state index in [2.05, 4.69) is 18.9 Å². The van der Waals surface area contributed by atoms with Gasteiger partial charge in [0.2, 0.25) is 0 Å². The minimum absolute atomic E-state index is 0.350. The van der Waals surface area contributed by atoms with Gasteiger partial charge in [-0.1, -0.05) is 0 Å². The van der Waals surface area contributed by atoms with Gasteiger partial charge in [-0.05, 0) is 0 Å². The molecule has 8 heteroatoms. The summed E-state index contributed by atoms with van der Waals surface area (Å²) in [5, 5.41) is 0. The van der Waals surface area contributed by atoms with Crippen LogP contribution in [0.4, 0.5) is 0 Å². The molecule has 8 nitrogen and oxygen atoms in total. The van der Waals surface area contributed by atoms with Gasteiger partial charge in [-0.25, -0.2) is 9.59 Å². The minimum Gasteiger partial charge on any atom is -0.469 e. The first-order chi connectivity index (χ1) is 9.40. The van der Waals surface area contributed by atoms with Crippen molar-refractivity contribution >= 4 is 23.9 Å². The third kappa shape index (κ3) is 5.09. The van der Waals surface area contributed by atoms with Crippen molar-refractivity contribution in [1.82, 2.24) is 0 Å². The largest absolute Gasteiger partial charge is 0.469 e. The normalized spacial score (nSPS) is 12.1. The maximum absolute atomic E-state index is 11.7. The Kier molecular flexibility index (Phi) is 7.64. The van der Waals surface area contributed by atoms with Crippen LogP contribution in [0.3, 0.4) is 0 Å². The number of hydrogen-bond donors (Lipinski definition) is 0. The molecule has 0 heterocycles. The fourth-order valence-corrected chi connectivity index (χ4v) is 1.32. The van der Waals surface area contributed by atoms with E-state index in [1.54, 1.807) is 0 Å². The average Bonchev–Trinajstić information content (AvgIpc) is 2.48. The lowest BCUT2D eigenvalue weighted by Gasteiger charge is -2.15. The molecule has 0 aromatic heterocycles. The van der Waals surface area contributed by atoms with Crippen molar-refractivity contribution in [3.63, 3.8) is 0 Å². The van der Waals surface area contributed by atoms with Crippen molar-refractivity contribution in [2.24, 2.45) is 5.92 Å². The van der Waals surface area contributed by atoms with E-state index < -0.39 is 36.2 Å². The molecule has 1 atom stereocenters. The molecule has 0 spiro atoms. The van der Waals surface area contributed by atoms with Crippen molar-refractivity contribution in [2.75, 3.05) is 28.4 Å². The number of carbonyl (C=O) groups excluding carboxylic acids is 4. The number of esters is 4. The van der Waals surface area contributed by atoms with Crippen molar-refractivity contribution < 1.29 is 38.1 Å². The van der Waals surface area contributed by atoms with Gasteiger partial charge in [-0.15, -0.1) is 0 Å². The smallest absolute Gasteiger partial charge is 0.334 e. The first-order valence-corrected chi connectivity index (χ1v) is 5.43. The van der Waals surface area contributed by atoms with Crippen molar-refractivity contribution in [3.05, 3.63) is 11.6 Å². The van der Waals surface area contributed by atoms with Crippen LogP contribution < -0.4 is 0 Å². The molecule has 0 aromatic rings. The molecule has 0 aliphatic heterocycles. The minimum atomic E-state index is -1.32. The van der Waals surface area contributed by atoms with E-state index in [0.717, 1.165) is 34.5 Å². The number of rotatable bonds is 6. The van der Waals surface area contributed by atoms with Crippen LogP contribution in [-0.4, -0.2) is 52.3 Å². The Labute approximate surface area is 115 Å². The highest BCUT2D eigenvalue weighted by molar-refractivity contribution is 6.01. The molecule has 0 radical (unpaired) electrons.